The molecule has 4 aromatic carbocycles. The largest absolute Gasteiger partial charge is 0.493 e. The third-order valence-corrected chi connectivity index (χ3v) is 20.7. The van der Waals surface area contributed by atoms with Crippen LogP contribution in [-0.4, -0.2) is 201 Å². The number of fused-ring (bicyclic) bond motifs is 12. The maximum atomic E-state index is 13.2. The molecule has 0 aromatic heterocycles. The molecule has 4 fully saturated rings. The minimum atomic E-state index is -3.86. The van der Waals surface area contributed by atoms with Crippen molar-refractivity contribution in [1.29, 1.82) is 0 Å². The predicted octanol–water partition coefficient (Wildman–Crippen LogP) is 14.3. The second-order valence-electron chi connectivity index (χ2n) is 30.8. The molecule has 16 unspecified atom stereocenters. The number of carbonyl (C=O) groups excluding carboxylic acids is 4. The molecule has 8 aliphatic rings. The van der Waals surface area contributed by atoms with Gasteiger partial charge < -0.3 is 79.8 Å². The fourth-order valence-electron chi connectivity index (χ4n) is 13.9. The Morgan fingerprint density at radius 1 is 0.367 bits per heavy atom. The van der Waals surface area contributed by atoms with Crippen LogP contribution in [0.15, 0.2) is 48.5 Å². The molecule has 24 heteroatoms. The molecule has 0 saturated carbocycles. The van der Waals surface area contributed by atoms with E-state index in [0.717, 1.165) is 19.6 Å². The Labute approximate surface area is 790 Å². The van der Waals surface area contributed by atoms with E-state index in [2.05, 4.69) is 0 Å². The van der Waals surface area contributed by atoms with E-state index in [0.29, 0.717) is 61.4 Å². The van der Waals surface area contributed by atoms with E-state index in [4.69, 9.17) is 132 Å². The first-order valence-electron chi connectivity index (χ1n) is 64.7. The van der Waals surface area contributed by atoms with Crippen molar-refractivity contribution in [3.05, 3.63) is 93.0 Å². The summed E-state index contributed by atoms with van der Waals surface area (Å²) in [5.74, 6) is -34.4. The van der Waals surface area contributed by atoms with E-state index < -0.39 is 286 Å². The van der Waals surface area contributed by atoms with Crippen molar-refractivity contribution in [1.82, 2.24) is 19.6 Å². The van der Waals surface area contributed by atoms with Gasteiger partial charge in [-0.05, 0) is 191 Å². The Balaban J connectivity index is 0.000000250. The van der Waals surface area contributed by atoms with Gasteiger partial charge in [0.25, 0.3) is 0 Å². The standard InChI is InChI=1S/4C24H38N2O4/c4*1-14(2)9-17-13-26-8-7-16-10-21(28-5)22(29-6)11-18(16)19(26)12-20(17)30-24(27)23(25)15(3)4/h4*10-11,14-15,17,19-20,23H,7-9,12-13,25H2,1-6H3/t4*17?,19?,20?,23-/m0000/s1/i1D3,9D2,12D2,13D2,14D,17D,20D;2*1D3,5D3,9D2,12D2,13D2,14D,17D;1D3,9D2,12D2,13D2,14D,17D/t4*14?,17?,19?,20?,23-. The highest BCUT2D eigenvalue weighted by Gasteiger charge is 2.47. The lowest BCUT2D eigenvalue weighted by Gasteiger charge is -2.47. The van der Waals surface area contributed by atoms with Crippen LogP contribution in [0, 0.1) is 70.8 Å². The van der Waals surface area contributed by atoms with Crippen LogP contribution >= 0.6 is 0 Å². The number of rotatable bonds is 28. The van der Waals surface area contributed by atoms with E-state index >= 15 is 0 Å². The maximum absolute atomic E-state index is 13.2. The summed E-state index contributed by atoms with van der Waals surface area (Å²) in [6.45, 7) is -12.9. The SMILES string of the molecule is [2H]C([2H])([2H])C([2H])(C)C([2H])([2H])C1([2H])C([2H])([2H])N2CCc3cc(OC)c(OC)cc3C2C([2H])([2H])C1([2H])OC(=O)[C@@H](N)C(C)C.[2H]C([2H])([2H])Oc1cc2c(cc1OC)C1N(CC2)C([2H])([2H])C([2H])(C([2H])([2H])C([2H])(C)C([2H])([2H])[2H])C(OC(=O)[C@@H](N)C(C)C)C1([2H])[2H].[2H]C([2H])([2H])Oc1cc2c(cc1OC)C1N(CC2)C([2H])([2H])C([2H])(C([2H])([2H])C([2H])(C)C([2H])([2H])[2H])C(OC(=O)[C@@H](N)C(C)C)C1([2H])[2H].[2H]C1([2H])C2c3cc(OC)c(OC)cc3CCN2C([2H])([2H])C([2H])(C([2H])([2H])C([2H])(C)C([2H])([2H])[2H])C1OC(=O)[C@@H](N)C(C)C. The number of hydrogen-bond donors (Lipinski definition) is 4. The maximum Gasteiger partial charge on any atom is 0.323 e. The van der Waals surface area contributed by atoms with Crippen molar-refractivity contribution in [3.8, 4) is 46.0 Å². The molecule has 0 spiro atoms. The number of nitrogens with two attached hydrogens (primary N) is 4. The summed E-state index contributed by atoms with van der Waals surface area (Å²) < 4.78 is 503. The minimum Gasteiger partial charge on any atom is -0.493 e. The summed E-state index contributed by atoms with van der Waals surface area (Å²) in [5.41, 5.74) is 25.9. The third kappa shape index (κ3) is 23.8. The summed E-state index contributed by atoms with van der Waals surface area (Å²) in [7, 11) is 2.18. The summed E-state index contributed by atoms with van der Waals surface area (Å²) in [4.78, 5) is 56.3. The van der Waals surface area contributed by atoms with Gasteiger partial charge in [-0.1, -0.05) is 110 Å². The number of carbonyl (C=O) groups is 4. The van der Waals surface area contributed by atoms with Crippen LogP contribution < -0.4 is 60.8 Å². The van der Waals surface area contributed by atoms with Crippen LogP contribution in [0.5, 0.6) is 46.0 Å². The number of piperidine rings is 4. The van der Waals surface area contributed by atoms with Gasteiger partial charge in [-0.3, -0.25) is 38.8 Å². The second kappa shape index (κ2) is 43.9. The summed E-state index contributed by atoms with van der Waals surface area (Å²) in [6.07, 6.45) is -38.6. The van der Waals surface area contributed by atoms with Gasteiger partial charge in [-0.15, -0.1) is 0 Å². The average molecular weight is 1730 g/mol. The second-order valence-corrected chi connectivity index (χ2v) is 30.8. The van der Waals surface area contributed by atoms with Gasteiger partial charge in [0, 0.05) is 186 Å². The summed E-state index contributed by atoms with van der Waals surface area (Å²) in [6, 6.07) is -1.18. The van der Waals surface area contributed by atoms with Crippen molar-refractivity contribution < 1.29 is 146 Å². The Morgan fingerprint density at radius 3 is 0.833 bits per heavy atom. The van der Waals surface area contributed by atoms with Crippen molar-refractivity contribution in [3.63, 3.8) is 0 Å². The molecule has 12 rings (SSSR count). The van der Waals surface area contributed by atoms with Crippen molar-refractivity contribution in [2.75, 3.05) is 109 Å². The van der Waals surface area contributed by atoms with Crippen molar-refractivity contribution >= 4 is 23.9 Å². The summed E-state index contributed by atoms with van der Waals surface area (Å²) in [5, 5.41) is 0. The molecule has 0 aliphatic carbocycles. The first kappa shape index (κ1) is 47.8. The van der Waals surface area contributed by atoms with Crippen LogP contribution in [0.4, 0.5) is 0 Å². The van der Waals surface area contributed by atoms with Crippen molar-refractivity contribution in [2.45, 2.75) is 260 Å². The Kier molecular flexibility index (Phi) is 17.5. The number of hydrogen-bond acceptors (Lipinski definition) is 24. The van der Waals surface area contributed by atoms with Crippen LogP contribution in [0.3, 0.4) is 0 Å². The van der Waals surface area contributed by atoms with E-state index in [9.17, 15) is 37.0 Å². The monoisotopic (exact) mass is 1720 g/mol. The van der Waals surface area contributed by atoms with Crippen molar-refractivity contribution in [2.24, 2.45) is 93.8 Å². The highest BCUT2D eigenvalue weighted by atomic mass is 16.6. The molecular formula is C96H152N8O16. The zero-order valence-corrected chi connectivity index (χ0v) is 71.1. The molecule has 4 saturated heterocycles. The Morgan fingerprint density at radius 2 is 0.592 bits per heavy atom. The predicted molar refractivity (Wildman–Crippen MR) is 471 cm³/mol. The first-order chi connectivity index (χ1) is 76.5. The van der Waals surface area contributed by atoms with Gasteiger partial charge in [0.15, 0.2) is 46.0 Å². The van der Waals surface area contributed by atoms with Gasteiger partial charge >= 0.3 is 23.9 Å². The van der Waals surface area contributed by atoms with Gasteiger partial charge in [0.2, 0.25) is 0 Å². The molecule has 0 bridgehead atoms. The summed E-state index contributed by atoms with van der Waals surface area (Å²) >= 11 is 0. The quantitative estimate of drug-likeness (QED) is 0.0303. The Bertz CT molecular complexity index is 6240. The normalized spacial score (nSPS) is 40.6. The fraction of sp³-hybridized carbons (Fsp3) is 0.708. The third-order valence-electron chi connectivity index (χ3n) is 20.7. The average Bonchev–Trinajstić information content (AvgIpc) is 0.649. The highest BCUT2D eigenvalue weighted by Crippen LogP contribution is 2.50. The van der Waals surface area contributed by atoms with E-state index in [-0.39, 0.29) is 109 Å². The molecule has 0 radical (unpaired) electrons. The smallest absolute Gasteiger partial charge is 0.323 e. The number of ether oxygens (including phenoxy) is 12. The van der Waals surface area contributed by atoms with Gasteiger partial charge in [-0.2, -0.15) is 0 Å². The van der Waals surface area contributed by atoms with Crippen LogP contribution in [0.1, 0.15) is 300 Å². The zero-order valence-electron chi connectivity index (χ0n) is 122. The van der Waals surface area contributed by atoms with Gasteiger partial charge in [0.05, 0.1) is 66.3 Å². The molecule has 20 atom stereocenters. The van der Waals surface area contributed by atoms with Gasteiger partial charge in [0.1, 0.15) is 48.6 Å². The van der Waals surface area contributed by atoms with E-state index in [1.54, 1.807) is 53.7 Å². The number of benzene rings is 4. The molecule has 8 heterocycles. The zero-order chi connectivity index (χ0) is 133. The fourth-order valence-corrected chi connectivity index (χ4v) is 13.9. The van der Waals surface area contributed by atoms with Crippen LogP contribution in [0.2, 0.25) is 0 Å². The molecule has 120 heavy (non-hydrogen) atoms. The van der Waals surface area contributed by atoms with E-state index in [1.165, 1.54) is 92.9 Å². The first-order valence-corrected chi connectivity index (χ1v) is 39.2. The number of methoxy groups -OCH3 is 8. The molecule has 0 amide bonds. The molecule has 24 nitrogen and oxygen atoms in total. The lowest BCUT2D eigenvalue weighted by atomic mass is 9.79. The number of esters is 4. The lowest BCUT2D eigenvalue weighted by Crippen LogP contribution is -2.51. The van der Waals surface area contributed by atoms with E-state index in [1.807, 2.05) is 0 Å². The van der Waals surface area contributed by atoms with Crippen LogP contribution in [0.25, 0.3) is 0 Å². The topological polar surface area (TPSA) is 296 Å². The minimum absolute atomic E-state index is 0.0536. The van der Waals surface area contributed by atoms with Gasteiger partial charge in [-0.25, -0.2) is 0 Å². The number of nitrogens with zero attached hydrogens (tertiary/aromatic N) is 4. The Hall–Kier alpha value is -7.16. The molecule has 4 aromatic rings. The molecule has 8 aliphatic heterocycles. The lowest BCUT2D eigenvalue weighted by molar-refractivity contribution is -0.161. The highest BCUT2D eigenvalue weighted by molar-refractivity contribution is 5.77. The van der Waals surface area contributed by atoms with Crippen LogP contribution in [-0.2, 0) is 63.8 Å². The molecule has 672 valence electrons. The molecule has 8 N–H and O–H groups in total. The molecular weight excluding hydrogens is 1520 g/mol.